The molecule has 1 aliphatic heterocycles. The van der Waals surface area contributed by atoms with Crippen molar-refractivity contribution >= 4 is 8.96 Å². The summed E-state index contributed by atoms with van der Waals surface area (Å²) in [4.78, 5) is 0. The number of hydrogen-bond acceptors (Lipinski definition) is 2. The molecule has 16 heavy (non-hydrogen) atoms. The zero-order chi connectivity index (χ0) is 11.6. The van der Waals surface area contributed by atoms with E-state index in [0.717, 1.165) is 6.54 Å². The molecule has 3 atom stereocenters. The lowest BCUT2D eigenvalue weighted by atomic mass is 9.89. The van der Waals surface area contributed by atoms with Crippen molar-refractivity contribution in [2.24, 2.45) is 0 Å². The molecule has 0 bridgehead atoms. The Morgan fingerprint density at radius 1 is 1.38 bits per heavy atom. The van der Waals surface area contributed by atoms with Crippen molar-refractivity contribution in [2.75, 3.05) is 6.54 Å². The highest BCUT2D eigenvalue weighted by molar-refractivity contribution is 7.29. The quantitative estimate of drug-likeness (QED) is 0.745. The molecule has 1 aliphatic rings. The summed E-state index contributed by atoms with van der Waals surface area (Å²) in [6, 6.07) is 11.0. The van der Waals surface area contributed by atoms with Gasteiger partial charge in [0.1, 0.15) is 5.60 Å². The number of rotatable bonds is 3. The molecule has 1 unspecified atom stereocenters. The molecule has 3 heteroatoms. The van der Waals surface area contributed by atoms with E-state index >= 15 is 0 Å². The molecule has 1 fully saturated rings. The molecule has 0 saturated carbocycles. The first-order valence-corrected chi connectivity index (χ1v) is 6.80. The normalized spacial score (nSPS) is 32.3. The minimum atomic E-state index is -0.144. The molecule has 0 aliphatic carbocycles. The Balaban J connectivity index is 2.21. The van der Waals surface area contributed by atoms with Crippen LogP contribution in [0.3, 0.4) is 0 Å². The second-order valence-corrected chi connectivity index (χ2v) is 5.50. The Bertz CT molecular complexity index is 343. The van der Waals surface area contributed by atoms with Crippen LogP contribution in [0.15, 0.2) is 30.3 Å². The maximum absolute atomic E-state index is 6.06. The highest BCUT2D eigenvalue weighted by Crippen LogP contribution is 2.48. The molecule has 0 N–H and O–H groups in total. The van der Waals surface area contributed by atoms with Gasteiger partial charge in [-0.3, -0.25) is 4.67 Å². The zero-order valence-electron chi connectivity index (χ0n) is 10.2. The van der Waals surface area contributed by atoms with Gasteiger partial charge in [0.2, 0.25) is 0 Å². The van der Waals surface area contributed by atoms with Gasteiger partial charge >= 0.3 is 0 Å². The lowest BCUT2D eigenvalue weighted by Crippen LogP contribution is -2.38. The molecule has 1 saturated heterocycles. The largest absolute Gasteiger partial charge is 0.334 e. The van der Waals surface area contributed by atoms with Gasteiger partial charge in [0.05, 0.1) is 8.96 Å². The van der Waals surface area contributed by atoms with Crippen LogP contribution in [0, 0.1) is 0 Å². The van der Waals surface area contributed by atoms with Crippen LogP contribution in [0.25, 0.3) is 0 Å². The maximum atomic E-state index is 6.06. The van der Waals surface area contributed by atoms with Gasteiger partial charge in [0, 0.05) is 12.6 Å². The predicted octanol–water partition coefficient (Wildman–Crippen LogP) is 3.54. The summed E-state index contributed by atoms with van der Waals surface area (Å²) in [5, 5.41) is 0. The molecule has 1 heterocycles. The van der Waals surface area contributed by atoms with Crippen molar-refractivity contribution in [3.05, 3.63) is 35.9 Å². The van der Waals surface area contributed by atoms with Crippen LogP contribution in [-0.4, -0.2) is 17.3 Å². The van der Waals surface area contributed by atoms with Crippen LogP contribution >= 0.6 is 8.96 Å². The van der Waals surface area contributed by atoms with Crippen LogP contribution < -0.4 is 0 Å². The van der Waals surface area contributed by atoms with Gasteiger partial charge in [-0.1, -0.05) is 37.3 Å². The van der Waals surface area contributed by atoms with Gasteiger partial charge in [-0.2, -0.15) is 0 Å². The van der Waals surface area contributed by atoms with E-state index in [1.165, 1.54) is 12.0 Å². The summed E-state index contributed by atoms with van der Waals surface area (Å²) in [5.41, 5.74) is 1.14. The predicted molar refractivity (Wildman–Crippen MR) is 69.7 cm³/mol. The highest BCUT2D eigenvalue weighted by atomic mass is 31.1. The summed E-state index contributed by atoms with van der Waals surface area (Å²) in [6.07, 6.45) is 1.19. The first kappa shape index (κ1) is 12.0. The van der Waals surface area contributed by atoms with E-state index in [1.54, 1.807) is 0 Å². The topological polar surface area (TPSA) is 12.5 Å². The minimum absolute atomic E-state index is 0.144. The second-order valence-electron chi connectivity index (χ2n) is 4.54. The molecule has 0 spiro atoms. The smallest absolute Gasteiger partial charge is 0.111 e. The van der Waals surface area contributed by atoms with E-state index < -0.39 is 0 Å². The van der Waals surface area contributed by atoms with Crippen molar-refractivity contribution in [1.29, 1.82) is 0 Å². The van der Waals surface area contributed by atoms with Gasteiger partial charge in [0.25, 0.3) is 0 Å². The molecule has 0 aromatic heterocycles. The van der Waals surface area contributed by atoms with Crippen LogP contribution in [-0.2, 0) is 10.1 Å². The zero-order valence-corrected chi connectivity index (χ0v) is 11.2. The first-order valence-electron chi connectivity index (χ1n) is 5.94. The van der Waals surface area contributed by atoms with Crippen LogP contribution in [0.5, 0.6) is 0 Å². The summed E-state index contributed by atoms with van der Waals surface area (Å²) < 4.78 is 8.50. The fourth-order valence-corrected chi connectivity index (χ4v) is 3.48. The fourth-order valence-electron chi connectivity index (χ4n) is 2.16. The van der Waals surface area contributed by atoms with Crippen molar-refractivity contribution in [2.45, 2.75) is 38.8 Å². The Morgan fingerprint density at radius 3 is 2.69 bits per heavy atom. The Labute approximate surface area is 99.9 Å². The summed E-state index contributed by atoms with van der Waals surface area (Å²) in [7, 11) is 0.497. The molecule has 2 rings (SSSR count). The highest BCUT2D eigenvalue weighted by Gasteiger charge is 2.43. The average molecular weight is 237 g/mol. The molecular weight excluding hydrogens is 217 g/mol. The standard InChI is InChI=1S/C13H20NOP/c1-4-10-14-11(2)13(3,15-16-14)12-8-6-5-7-9-12/h5-9,11,16H,4,10H2,1-3H3/t11-,13-/m0/s1. The fraction of sp³-hybridized carbons (Fsp3) is 0.538. The van der Waals surface area contributed by atoms with Gasteiger partial charge < -0.3 is 4.52 Å². The van der Waals surface area contributed by atoms with Crippen molar-refractivity contribution < 1.29 is 4.52 Å². The van der Waals surface area contributed by atoms with Gasteiger partial charge in [0.15, 0.2) is 0 Å². The van der Waals surface area contributed by atoms with E-state index in [0.29, 0.717) is 15.0 Å². The summed E-state index contributed by atoms with van der Waals surface area (Å²) in [5.74, 6) is 0. The Hall–Kier alpha value is -0.430. The molecule has 0 radical (unpaired) electrons. The Kier molecular flexibility index (Phi) is 3.63. The average Bonchev–Trinajstić information content (AvgIpc) is 2.61. The SMILES string of the molecule is CCCN1PO[C@](C)(c2ccccc2)[C@@H]1C. The number of nitrogens with zero attached hydrogens (tertiary/aromatic N) is 1. The third-order valence-electron chi connectivity index (χ3n) is 3.45. The van der Waals surface area contributed by atoms with E-state index in [4.69, 9.17) is 4.52 Å². The summed E-state index contributed by atoms with van der Waals surface area (Å²) in [6.45, 7) is 7.82. The molecule has 1 aromatic rings. The second kappa shape index (κ2) is 4.83. The van der Waals surface area contributed by atoms with E-state index in [2.05, 4.69) is 55.8 Å². The number of benzene rings is 1. The van der Waals surface area contributed by atoms with Crippen molar-refractivity contribution in [3.63, 3.8) is 0 Å². The van der Waals surface area contributed by atoms with Gasteiger partial charge in [-0.25, -0.2) is 0 Å². The molecule has 1 aromatic carbocycles. The molecule has 0 amide bonds. The van der Waals surface area contributed by atoms with Gasteiger partial charge in [-0.15, -0.1) is 0 Å². The lowest BCUT2D eigenvalue weighted by Gasteiger charge is -2.30. The van der Waals surface area contributed by atoms with Crippen molar-refractivity contribution in [1.82, 2.24) is 4.67 Å². The monoisotopic (exact) mass is 237 g/mol. The first-order chi connectivity index (χ1) is 7.68. The van der Waals surface area contributed by atoms with Crippen LogP contribution in [0.4, 0.5) is 0 Å². The maximum Gasteiger partial charge on any atom is 0.111 e. The Morgan fingerprint density at radius 2 is 2.06 bits per heavy atom. The third-order valence-corrected chi connectivity index (χ3v) is 4.81. The summed E-state index contributed by atoms with van der Waals surface area (Å²) >= 11 is 0. The van der Waals surface area contributed by atoms with Crippen molar-refractivity contribution in [3.8, 4) is 0 Å². The van der Waals surface area contributed by atoms with Gasteiger partial charge in [-0.05, 0) is 25.8 Å². The van der Waals surface area contributed by atoms with E-state index in [-0.39, 0.29) is 5.60 Å². The lowest BCUT2D eigenvalue weighted by molar-refractivity contribution is 0.0891. The molecule has 2 nitrogen and oxygen atoms in total. The third kappa shape index (κ3) is 2.02. The number of hydrogen-bond donors (Lipinski definition) is 0. The van der Waals surface area contributed by atoms with E-state index in [1.807, 2.05) is 0 Å². The van der Waals surface area contributed by atoms with Crippen LogP contribution in [0.1, 0.15) is 32.8 Å². The van der Waals surface area contributed by atoms with E-state index in [9.17, 15) is 0 Å². The molecule has 88 valence electrons. The molecular formula is C13H20NOP. The minimum Gasteiger partial charge on any atom is -0.334 e. The van der Waals surface area contributed by atoms with Crippen LogP contribution in [0.2, 0.25) is 0 Å².